The molecule has 1 aromatic heterocycles. The number of carbonyl (C=O) groups is 2. The molecule has 1 aromatic rings. The van der Waals surface area contributed by atoms with Crippen molar-refractivity contribution in [2.24, 2.45) is 0 Å². The highest BCUT2D eigenvalue weighted by Crippen LogP contribution is 2.10. The van der Waals surface area contributed by atoms with Gasteiger partial charge >= 0.3 is 0 Å². The zero-order valence-electron chi connectivity index (χ0n) is 10.8. The van der Waals surface area contributed by atoms with Crippen LogP contribution in [0.5, 0.6) is 0 Å². The van der Waals surface area contributed by atoms with Gasteiger partial charge in [0, 0.05) is 23.5 Å². The van der Waals surface area contributed by atoms with E-state index in [1.54, 1.807) is 22.2 Å². The lowest BCUT2D eigenvalue weighted by Crippen LogP contribution is -2.25. The minimum absolute atomic E-state index is 0.0432. The summed E-state index contributed by atoms with van der Waals surface area (Å²) in [6.07, 6.45) is 3.18. The Morgan fingerprint density at radius 2 is 1.29 bits per heavy atom. The van der Waals surface area contributed by atoms with Crippen molar-refractivity contribution in [1.82, 2.24) is 14.8 Å². The summed E-state index contributed by atoms with van der Waals surface area (Å²) in [5.41, 5.74) is 0.955. The molecule has 0 amide bonds. The maximum absolute atomic E-state index is 11.9. The summed E-state index contributed by atoms with van der Waals surface area (Å²) in [5, 5.41) is 0. The van der Waals surface area contributed by atoms with Crippen LogP contribution in [0, 0.1) is 0 Å². The van der Waals surface area contributed by atoms with Crippen LogP contribution in [0.25, 0.3) is 0 Å². The number of ketones is 2. The molecule has 94 valence electrons. The predicted octanol–water partition coefficient (Wildman–Crippen LogP) is 0.503. The average Bonchev–Trinajstić information content (AvgIpc) is 2.63. The molecule has 1 rings (SSSR count). The van der Waals surface area contributed by atoms with E-state index in [-0.39, 0.29) is 11.6 Å². The van der Waals surface area contributed by atoms with Crippen molar-refractivity contribution in [2.75, 3.05) is 41.3 Å². The lowest BCUT2D eigenvalue weighted by Gasteiger charge is -2.10. The van der Waals surface area contributed by atoms with Gasteiger partial charge in [0.05, 0.1) is 13.1 Å². The summed E-state index contributed by atoms with van der Waals surface area (Å²) >= 11 is 0. The van der Waals surface area contributed by atoms with E-state index in [1.165, 1.54) is 0 Å². The van der Waals surface area contributed by atoms with Gasteiger partial charge in [-0.2, -0.15) is 0 Å². The van der Waals surface area contributed by atoms with Crippen molar-refractivity contribution in [3.8, 4) is 0 Å². The summed E-state index contributed by atoms with van der Waals surface area (Å²) in [7, 11) is 7.30. The highest BCUT2D eigenvalue weighted by atomic mass is 16.1. The van der Waals surface area contributed by atoms with Gasteiger partial charge in [0.1, 0.15) is 0 Å². The number of nitrogens with one attached hydrogen (secondary N) is 1. The lowest BCUT2D eigenvalue weighted by atomic mass is 10.1. The summed E-state index contributed by atoms with van der Waals surface area (Å²) in [6.45, 7) is 0.611. The number of carbonyl (C=O) groups excluding carboxylic acids is 2. The van der Waals surface area contributed by atoms with Crippen molar-refractivity contribution in [2.45, 2.75) is 0 Å². The van der Waals surface area contributed by atoms with E-state index < -0.39 is 0 Å². The van der Waals surface area contributed by atoms with Crippen LogP contribution in [0.1, 0.15) is 20.7 Å². The third kappa shape index (κ3) is 3.80. The first-order chi connectivity index (χ1) is 7.91. The first-order valence-corrected chi connectivity index (χ1v) is 5.44. The fourth-order valence-electron chi connectivity index (χ4n) is 1.57. The molecule has 0 bridgehead atoms. The summed E-state index contributed by atoms with van der Waals surface area (Å²) < 4.78 is 0. The molecule has 0 unspecified atom stereocenters. The van der Waals surface area contributed by atoms with Crippen LogP contribution in [-0.4, -0.2) is 67.6 Å². The van der Waals surface area contributed by atoms with Crippen molar-refractivity contribution >= 4 is 11.6 Å². The van der Waals surface area contributed by atoms with Crippen molar-refractivity contribution in [3.63, 3.8) is 0 Å². The zero-order valence-corrected chi connectivity index (χ0v) is 10.8. The van der Waals surface area contributed by atoms with Gasteiger partial charge in [-0.3, -0.25) is 9.59 Å². The van der Waals surface area contributed by atoms with E-state index in [0.717, 1.165) is 0 Å². The van der Waals surface area contributed by atoms with Gasteiger partial charge in [0.2, 0.25) is 0 Å². The topological polar surface area (TPSA) is 56.4 Å². The molecule has 0 aliphatic heterocycles. The Bertz CT molecular complexity index is 371. The maximum atomic E-state index is 11.9. The maximum Gasteiger partial charge on any atom is 0.179 e. The van der Waals surface area contributed by atoms with Crippen LogP contribution >= 0.6 is 0 Å². The number of hydrogen-bond donors (Lipinski definition) is 1. The Labute approximate surface area is 101 Å². The summed E-state index contributed by atoms with van der Waals surface area (Å²) in [5.74, 6) is -0.0864. The summed E-state index contributed by atoms with van der Waals surface area (Å²) in [6, 6.07) is 0. The zero-order chi connectivity index (χ0) is 13.0. The molecule has 5 nitrogen and oxygen atoms in total. The Hall–Kier alpha value is -1.46. The van der Waals surface area contributed by atoms with Gasteiger partial charge in [0.15, 0.2) is 11.6 Å². The molecule has 0 aliphatic rings. The number of H-pyrrole nitrogens is 1. The van der Waals surface area contributed by atoms with Crippen molar-refractivity contribution in [3.05, 3.63) is 23.5 Å². The van der Waals surface area contributed by atoms with E-state index >= 15 is 0 Å². The molecule has 0 aliphatic carbocycles. The number of nitrogens with zero attached hydrogens (tertiary/aromatic N) is 2. The van der Waals surface area contributed by atoms with Crippen LogP contribution in [0.3, 0.4) is 0 Å². The molecule has 17 heavy (non-hydrogen) atoms. The smallest absolute Gasteiger partial charge is 0.179 e. The fourth-order valence-corrected chi connectivity index (χ4v) is 1.57. The van der Waals surface area contributed by atoms with E-state index in [1.807, 2.05) is 28.2 Å². The van der Waals surface area contributed by atoms with Gasteiger partial charge < -0.3 is 14.8 Å². The molecule has 5 heteroatoms. The SMILES string of the molecule is CN(C)CC(=O)c1c[nH]cc1C(=O)CN(C)C. The standard InChI is InChI=1S/C12H19N3O2/c1-14(2)7-11(16)9-5-13-6-10(9)12(17)8-15(3)4/h5-6,13H,7-8H2,1-4H3. The van der Waals surface area contributed by atoms with E-state index in [9.17, 15) is 9.59 Å². The first kappa shape index (κ1) is 13.6. The Morgan fingerprint density at radius 3 is 1.59 bits per heavy atom. The molecule has 0 saturated carbocycles. The third-order valence-corrected chi connectivity index (χ3v) is 2.27. The third-order valence-electron chi connectivity index (χ3n) is 2.27. The van der Waals surface area contributed by atoms with E-state index in [0.29, 0.717) is 24.2 Å². The van der Waals surface area contributed by atoms with E-state index in [2.05, 4.69) is 4.98 Å². The number of Topliss-reactive ketones (excluding diaryl/α,β-unsaturated/α-hetero) is 2. The molecule has 0 atom stereocenters. The van der Waals surface area contributed by atoms with Crippen LogP contribution in [-0.2, 0) is 0 Å². The second-order valence-corrected chi connectivity index (χ2v) is 4.60. The van der Waals surface area contributed by atoms with Crippen LogP contribution in [0.2, 0.25) is 0 Å². The van der Waals surface area contributed by atoms with Crippen LogP contribution < -0.4 is 0 Å². The van der Waals surface area contributed by atoms with Crippen LogP contribution in [0.4, 0.5) is 0 Å². The summed E-state index contributed by atoms with van der Waals surface area (Å²) in [4.78, 5) is 30.2. The Morgan fingerprint density at radius 1 is 0.941 bits per heavy atom. The first-order valence-electron chi connectivity index (χ1n) is 5.44. The Kier molecular flexibility index (Phi) is 4.60. The quantitative estimate of drug-likeness (QED) is 0.732. The minimum Gasteiger partial charge on any atom is -0.366 e. The molecular weight excluding hydrogens is 218 g/mol. The molecule has 0 saturated heterocycles. The molecular formula is C12H19N3O2. The highest BCUT2D eigenvalue weighted by molar-refractivity contribution is 6.10. The number of likely N-dealkylation sites (N-methyl/N-ethyl adjacent to an activating group) is 2. The predicted molar refractivity (Wildman–Crippen MR) is 66.6 cm³/mol. The number of hydrogen-bond acceptors (Lipinski definition) is 4. The number of rotatable bonds is 6. The normalized spacial score (nSPS) is 11.2. The van der Waals surface area contributed by atoms with Gasteiger partial charge in [-0.15, -0.1) is 0 Å². The molecule has 0 aromatic carbocycles. The highest BCUT2D eigenvalue weighted by Gasteiger charge is 2.18. The molecule has 1 N–H and O–H groups in total. The molecule has 0 fully saturated rings. The van der Waals surface area contributed by atoms with Gasteiger partial charge in [-0.1, -0.05) is 0 Å². The second kappa shape index (κ2) is 5.75. The average molecular weight is 237 g/mol. The minimum atomic E-state index is -0.0432. The van der Waals surface area contributed by atoms with Crippen molar-refractivity contribution < 1.29 is 9.59 Å². The molecule has 0 radical (unpaired) electrons. The van der Waals surface area contributed by atoms with Gasteiger partial charge in [-0.05, 0) is 28.2 Å². The largest absolute Gasteiger partial charge is 0.366 e. The van der Waals surface area contributed by atoms with Crippen LogP contribution in [0.15, 0.2) is 12.4 Å². The van der Waals surface area contributed by atoms with Crippen molar-refractivity contribution in [1.29, 1.82) is 0 Å². The molecule has 0 spiro atoms. The second-order valence-electron chi connectivity index (χ2n) is 4.60. The van der Waals surface area contributed by atoms with Gasteiger partial charge in [0.25, 0.3) is 0 Å². The fraction of sp³-hybridized carbons (Fsp3) is 0.500. The molecule has 1 heterocycles. The Balaban J connectivity index is 2.85. The van der Waals surface area contributed by atoms with Gasteiger partial charge in [-0.25, -0.2) is 0 Å². The lowest BCUT2D eigenvalue weighted by molar-refractivity contribution is 0.0925. The number of aromatic amines is 1. The monoisotopic (exact) mass is 237 g/mol. The number of aromatic nitrogens is 1. The van der Waals surface area contributed by atoms with E-state index in [4.69, 9.17) is 0 Å².